The van der Waals surface area contributed by atoms with Crippen LogP contribution in [0, 0.1) is 12.7 Å². The molecule has 1 atom stereocenters. The van der Waals surface area contributed by atoms with Crippen molar-refractivity contribution in [2.45, 2.75) is 90.6 Å². The molecule has 0 spiro atoms. The summed E-state index contributed by atoms with van der Waals surface area (Å²) in [5.74, 6) is -0.248. The number of ketones is 1. The smallest absolute Gasteiger partial charge is 0.333 e. The predicted molar refractivity (Wildman–Crippen MR) is 167 cm³/mol. The number of aryl methyl sites for hydroxylation is 1. The lowest BCUT2D eigenvalue weighted by Crippen LogP contribution is -2.56. The third-order valence-electron chi connectivity index (χ3n) is 8.11. The number of amides is 1. The first kappa shape index (κ1) is 32.3. The molecule has 0 aliphatic heterocycles. The Morgan fingerprint density at radius 3 is 2.56 bits per heavy atom. The van der Waals surface area contributed by atoms with Gasteiger partial charge in [0.25, 0.3) is 5.56 Å². The summed E-state index contributed by atoms with van der Waals surface area (Å²) in [5.41, 5.74) is -2.04. The van der Waals surface area contributed by atoms with Crippen molar-refractivity contribution in [1.82, 2.24) is 19.4 Å². The Bertz CT molecular complexity index is 1850. The van der Waals surface area contributed by atoms with Gasteiger partial charge in [-0.2, -0.15) is 0 Å². The number of ether oxygens (including phenoxy) is 2. The van der Waals surface area contributed by atoms with Gasteiger partial charge >= 0.3 is 5.69 Å². The average molecular weight is 641 g/mol. The van der Waals surface area contributed by atoms with Crippen LogP contribution in [0.3, 0.4) is 0 Å². The van der Waals surface area contributed by atoms with Gasteiger partial charge in [0.05, 0.1) is 36.2 Å². The van der Waals surface area contributed by atoms with Crippen molar-refractivity contribution in [2.24, 2.45) is 0 Å². The van der Waals surface area contributed by atoms with Gasteiger partial charge in [-0.3, -0.25) is 19.0 Å². The van der Waals surface area contributed by atoms with Crippen LogP contribution >= 0.6 is 11.3 Å². The van der Waals surface area contributed by atoms with Gasteiger partial charge in [-0.15, -0.1) is 11.3 Å². The van der Waals surface area contributed by atoms with Crippen LogP contribution in [0.2, 0.25) is 0 Å². The number of halogens is 1. The van der Waals surface area contributed by atoms with E-state index in [0.717, 1.165) is 15.9 Å². The second kappa shape index (κ2) is 12.7. The van der Waals surface area contributed by atoms with Gasteiger partial charge in [0.1, 0.15) is 40.1 Å². The summed E-state index contributed by atoms with van der Waals surface area (Å²) in [6.45, 7) is 8.20. The van der Waals surface area contributed by atoms with E-state index in [4.69, 9.17) is 13.9 Å². The number of aromatic nitrogens is 3. The minimum absolute atomic E-state index is 0.146. The van der Waals surface area contributed by atoms with Crippen LogP contribution in [-0.2, 0) is 26.4 Å². The third-order valence-corrected chi connectivity index (χ3v) is 9.41. The van der Waals surface area contributed by atoms with E-state index in [1.165, 1.54) is 56.2 Å². The van der Waals surface area contributed by atoms with E-state index in [0.29, 0.717) is 52.3 Å². The Morgan fingerprint density at radius 2 is 1.93 bits per heavy atom. The maximum absolute atomic E-state index is 14.7. The van der Waals surface area contributed by atoms with Crippen LogP contribution in [-0.4, -0.2) is 45.1 Å². The summed E-state index contributed by atoms with van der Waals surface area (Å²) < 4.78 is 34.7. The molecule has 1 fully saturated rings. The lowest BCUT2D eigenvalue weighted by Gasteiger charge is -2.30. The lowest BCUT2D eigenvalue weighted by molar-refractivity contribution is -0.129. The third kappa shape index (κ3) is 6.23. The van der Waals surface area contributed by atoms with Crippen molar-refractivity contribution in [3.63, 3.8) is 0 Å². The number of Topliss-reactive ketones (excluding diaryl/α,β-unsaturated/α-hetero) is 1. The summed E-state index contributed by atoms with van der Waals surface area (Å²) in [4.78, 5) is 59.2. The number of thiophene rings is 1. The van der Waals surface area contributed by atoms with Crippen molar-refractivity contribution in [3.8, 4) is 16.5 Å². The van der Waals surface area contributed by atoms with Crippen molar-refractivity contribution in [3.05, 3.63) is 68.4 Å². The van der Waals surface area contributed by atoms with Crippen LogP contribution in [0.25, 0.3) is 21.0 Å². The van der Waals surface area contributed by atoms with Crippen molar-refractivity contribution in [2.75, 3.05) is 7.11 Å². The minimum Gasteiger partial charge on any atom is -0.496 e. The van der Waals surface area contributed by atoms with E-state index >= 15 is 0 Å². The fraction of sp³-hybridized carbons (Fsp3) is 0.469. The minimum atomic E-state index is -1.58. The monoisotopic (exact) mass is 640 g/mol. The maximum Gasteiger partial charge on any atom is 0.333 e. The number of nitrogens with zero attached hydrogens (tertiary/aromatic N) is 3. The molecule has 4 aromatic rings. The molecule has 0 radical (unpaired) electrons. The number of hydrogen-bond acceptors (Lipinski definition) is 9. The molecule has 1 aromatic carbocycles. The zero-order valence-corrected chi connectivity index (χ0v) is 27.0. The maximum atomic E-state index is 14.7. The average Bonchev–Trinajstić information content (AvgIpc) is 3.63. The van der Waals surface area contributed by atoms with Crippen molar-refractivity contribution < 1.29 is 27.9 Å². The van der Waals surface area contributed by atoms with Crippen LogP contribution in [0.5, 0.6) is 5.75 Å². The predicted octanol–water partition coefficient (Wildman–Crippen LogP) is 4.87. The van der Waals surface area contributed by atoms with Crippen molar-refractivity contribution >= 4 is 33.2 Å². The largest absolute Gasteiger partial charge is 0.496 e. The standard InChI is InChI=1S/C32H37FN4O7S/c1-17(2)35-30(40)32(4,5)37-28(39)25-18(3)26(27-34-13-14-43-27)45-29(25)36(31(37)41)16-24(44-21-10-8-20(38)9-11-21)22-15-19(33)7-12-23(22)42-6/h7,12-15,17,21,24H,8-11,16H2,1-6H3,(H,35,40)/t24-/m0/s1. The summed E-state index contributed by atoms with van der Waals surface area (Å²) in [7, 11) is 1.46. The number of hydrogen-bond donors (Lipinski definition) is 1. The number of carbonyl (C=O) groups is 2. The van der Waals surface area contributed by atoms with E-state index in [1.807, 2.05) is 0 Å². The van der Waals surface area contributed by atoms with Crippen molar-refractivity contribution in [1.29, 1.82) is 0 Å². The van der Waals surface area contributed by atoms with E-state index in [2.05, 4.69) is 10.3 Å². The molecule has 11 nitrogen and oxygen atoms in total. The molecule has 240 valence electrons. The molecule has 1 N–H and O–H groups in total. The number of methoxy groups -OCH3 is 1. The zero-order chi connectivity index (χ0) is 32.6. The first-order chi connectivity index (χ1) is 21.3. The Hall–Kier alpha value is -4.10. The highest BCUT2D eigenvalue weighted by molar-refractivity contribution is 7.22. The van der Waals surface area contributed by atoms with E-state index in [-0.39, 0.29) is 35.8 Å². The molecular weight excluding hydrogens is 603 g/mol. The van der Waals surface area contributed by atoms with Gasteiger partial charge in [-0.1, -0.05) is 0 Å². The highest BCUT2D eigenvalue weighted by Crippen LogP contribution is 2.38. The normalized spacial score (nSPS) is 15.2. The van der Waals surface area contributed by atoms with Crippen LogP contribution in [0.15, 0.2) is 44.7 Å². The molecule has 1 aliphatic rings. The Balaban J connectivity index is 1.76. The van der Waals surface area contributed by atoms with Gasteiger partial charge in [0.15, 0.2) is 0 Å². The van der Waals surface area contributed by atoms with Gasteiger partial charge in [0.2, 0.25) is 11.8 Å². The molecule has 5 rings (SSSR count). The summed E-state index contributed by atoms with van der Waals surface area (Å²) >= 11 is 1.16. The Kier molecular flexibility index (Phi) is 9.13. The van der Waals surface area contributed by atoms with E-state index < -0.39 is 34.6 Å². The number of oxazole rings is 1. The number of nitrogens with one attached hydrogen (secondary N) is 1. The summed E-state index contributed by atoms with van der Waals surface area (Å²) in [5, 5.41) is 3.04. The highest BCUT2D eigenvalue weighted by Gasteiger charge is 2.37. The summed E-state index contributed by atoms with van der Waals surface area (Å²) in [6.07, 6.45) is 3.32. The van der Waals surface area contributed by atoms with E-state index in [1.54, 1.807) is 20.8 Å². The molecule has 1 aliphatic carbocycles. The molecule has 0 unspecified atom stereocenters. The molecule has 3 heterocycles. The zero-order valence-electron chi connectivity index (χ0n) is 26.1. The lowest BCUT2D eigenvalue weighted by atomic mass is 9.96. The molecule has 45 heavy (non-hydrogen) atoms. The first-order valence-corrected chi connectivity index (χ1v) is 15.7. The van der Waals surface area contributed by atoms with Gasteiger partial charge < -0.3 is 19.2 Å². The van der Waals surface area contributed by atoms with E-state index in [9.17, 15) is 23.6 Å². The Labute approximate surface area is 263 Å². The Morgan fingerprint density at radius 1 is 1.22 bits per heavy atom. The molecule has 0 saturated heterocycles. The van der Waals surface area contributed by atoms with Gasteiger partial charge in [-0.25, -0.2) is 18.7 Å². The SMILES string of the molecule is COc1ccc(F)cc1[C@H](Cn1c(=O)n(C(C)(C)C(=O)NC(C)C)c(=O)c2c(C)c(-c3ncco3)sc21)OC1CCC(=O)CC1. The van der Waals surface area contributed by atoms with Gasteiger partial charge in [0, 0.05) is 24.4 Å². The molecule has 13 heteroatoms. The quantitative estimate of drug-likeness (QED) is 0.260. The number of benzene rings is 1. The van der Waals surface area contributed by atoms with Crippen LogP contribution in [0.4, 0.5) is 4.39 Å². The fourth-order valence-corrected chi connectivity index (χ4v) is 6.94. The second-order valence-corrected chi connectivity index (χ2v) is 13.0. The molecule has 1 amide bonds. The fourth-order valence-electron chi connectivity index (χ4n) is 5.70. The summed E-state index contributed by atoms with van der Waals surface area (Å²) in [6, 6.07) is 3.82. The molecule has 3 aromatic heterocycles. The second-order valence-electron chi connectivity index (χ2n) is 12.0. The number of carbonyl (C=O) groups excluding carboxylic acids is 2. The molecule has 0 bridgehead atoms. The topological polar surface area (TPSA) is 135 Å². The number of fused-ring (bicyclic) bond motifs is 1. The first-order valence-electron chi connectivity index (χ1n) is 14.8. The highest BCUT2D eigenvalue weighted by atomic mass is 32.1. The molecule has 1 saturated carbocycles. The van der Waals surface area contributed by atoms with Crippen LogP contribution in [0.1, 0.15) is 70.6 Å². The van der Waals surface area contributed by atoms with Gasteiger partial charge in [-0.05, 0) is 71.2 Å². The molecular formula is C32H37FN4O7S. The van der Waals surface area contributed by atoms with Crippen LogP contribution < -0.4 is 21.3 Å². The number of rotatable bonds is 10.